The van der Waals surface area contributed by atoms with Crippen LogP contribution < -0.4 is 11.1 Å². The van der Waals surface area contributed by atoms with Crippen LogP contribution in [0.1, 0.15) is 34.0 Å². The van der Waals surface area contributed by atoms with Crippen molar-refractivity contribution in [3.63, 3.8) is 0 Å². The number of nitrogens with one attached hydrogen (secondary N) is 1. The molecule has 4 nitrogen and oxygen atoms in total. The fourth-order valence-electron chi connectivity index (χ4n) is 1.83. The Hall–Kier alpha value is -1.79. The first kappa shape index (κ1) is 14.6. The topological polar surface area (TPSA) is 68.0 Å². The third-order valence-corrected chi connectivity index (χ3v) is 3.77. The van der Waals surface area contributed by atoms with Crippen LogP contribution in [0.4, 0.5) is 4.39 Å². The normalized spacial score (nSPS) is 12.2. The minimum atomic E-state index is -0.414. The van der Waals surface area contributed by atoms with Gasteiger partial charge in [-0.05, 0) is 19.5 Å². The molecule has 3 N–H and O–H groups in total. The zero-order chi connectivity index (χ0) is 14.5. The van der Waals surface area contributed by atoms with Crippen LogP contribution >= 0.6 is 11.3 Å². The summed E-state index contributed by atoms with van der Waals surface area (Å²) in [6.45, 7) is 2.24. The van der Waals surface area contributed by atoms with Crippen molar-refractivity contribution >= 4 is 17.2 Å². The van der Waals surface area contributed by atoms with Crippen molar-refractivity contribution in [2.24, 2.45) is 5.73 Å². The van der Waals surface area contributed by atoms with Crippen molar-refractivity contribution in [2.45, 2.75) is 19.4 Å². The van der Waals surface area contributed by atoms with Gasteiger partial charge in [0.2, 0.25) is 0 Å². The molecule has 106 valence electrons. The average Bonchev–Trinajstić information content (AvgIpc) is 2.88. The molecule has 0 unspecified atom stereocenters. The van der Waals surface area contributed by atoms with Gasteiger partial charge in [0.25, 0.3) is 5.91 Å². The standard InChI is InChI=1S/C14H16FN3OS/c1-9(10-4-2-3-5-11(10)15)17-14(19)12-8-20-13(18-12)6-7-16/h2-5,8-9H,6-7,16H2,1H3,(H,17,19)/t9-/m1/s1. The van der Waals surface area contributed by atoms with Crippen molar-refractivity contribution in [2.75, 3.05) is 6.54 Å². The van der Waals surface area contributed by atoms with Gasteiger partial charge in [0.15, 0.2) is 0 Å². The molecule has 1 atom stereocenters. The van der Waals surface area contributed by atoms with Gasteiger partial charge in [-0.2, -0.15) is 0 Å². The van der Waals surface area contributed by atoms with E-state index in [9.17, 15) is 9.18 Å². The molecule has 0 bridgehead atoms. The van der Waals surface area contributed by atoms with Crippen molar-refractivity contribution < 1.29 is 9.18 Å². The Morgan fingerprint density at radius 1 is 1.50 bits per heavy atom. The number of hydrogen-bond acceptors (Lipinski definition) is 4. The SMILES string of the molecule is C[C@@H](NC(=O)c1csc(CCN)n1)c1ccccc1F. The molecule has 0 fully saturated rings. The molecule has 2 aromatic rings. The molecule has 0 spiro atoms. The van der Waals surface area contributed by atoms with Gasteiger partial charge in [-0.25, -0.2) is 9.37 Å². The first-order chi connectivity index (χ1) is 9.61. The molecule has 1 amide bonds. The maximum Gasteiger partial charge on any atom is 0.271 e. The predicted octanol–water partition coefficient (Wildman–Crippen LogP) is 2.27. The molecule has 20 heavy (non-hydrogen) atoms. The van der Waals surface area contributed by atoms with Crippen molar-refractivity contribution in [1.29, 1.82) is 0 Å². The summed E-state index contributed by atoms with van der Waals surface area (Å²) in [7, 11) is 0. The van der Waals surface area contributed by atoms with E-state index >= 15 is 0 Å². The van der Waals surface area contributed by atoms with E-state index in [0.29, 0.717) is 24.2 Å². The van der Waals surface area contributed by atoms with Gasteiger partial charge in [-0.15, -0.1) is 11.3 Å². The molecule has 2 rings (SSSR count). The van der Waals surface area contributed by atoms with E-state index in [-0.39, 0.29) is 11.7 Å². The predicted molar refractivity (Wildman–Crippen MR) is 77.2 cm³/mol. The third-order valence-electron chi connectivity index (χ3n) is 2.86. The van der Waals surface area contributed by atoms with Crippen LogP contribution in [-0.2, 0) is 6.42 Å². The number of nitrogens with zero attached hydrogens (tertiary/aromatic N) is 1. The second-order valence-electron chi connectivity index (χ2n) is 4.38. The fraction of sp³-hybridized carbons (Fsp3) is 0.286. The van der Waals surface area contributed by atoms with Crippen molar-refractivity contribution in [1.82, 2.24) is 10.3 Å². The van der Waals surface area contributed by atoms with Gasteiger partial charge >= 0.3 is 0 Å². The Labute approximate surface area is 120 Å². The molecule has 0 aliphatic carbocycles. The number of amides is 1. The number of aromatic nitrogens is 1. The van der Waals surface area contributed by atoms with E-state index in [1.165, 1.54) is 17.4 Å². The zero-order valence-electron chi connectivity index (χ0n) is 11.1. The molecule has 0 saturated carbocycles. The number of benzene rings is 1. The maximum atomic E-state index is 13.6. The lowest BCUT2D eigenvalue weighted by atomic mass is 10.1. The van der Waals surface area contributed by atoms with Gasteiger partial charge in [-0.1, -0.05) is 18.2 Å². The van der Waals surface area contributed by atoms with Crippen LogP contribution in [0.3, 0.4) is 0 Å². The maximum absolute atomic E-state index is 13.6. The lowest BCUT2D eigenvalue weighted by Gasteiger charge is -2.14. The van der Waals surface area contributed by atoms with Gasteiger partial charge < -0.3 is 11.1 Å². The number of carbonyl (C=O) groups excluding carboxylic acids is 1. The molecule has 1 aromatic carbocycles. The highest BCUT2D eigenvalue weighted by Gasteiger charge is 2.16. The summed E-state index contributed by atoms with van der Waals surface area (Å²) < 4.78 is 13.6. The number of hydrogen-bond donors (Lipinski definition) is 2. The van der Waals surface area contributed by atoms with Crippen molar-refractivity contribution in [3.05, 3.63) is 51.7 Å². The number of rotatable bonds is 5. The number of halogens is 1. The summed E-state index contributed by atoms with van der Waals surface area (Å²) in [6.07, 6.45) is 0.654. The highest BCUT2D eigenvalue weighted by molar-refractivity contribution is 7.09. The smallest absolute Gasteiger partial charge is 0.271 e. The lowest BCUT2D eigenvalue weighted by Crippen LogP contribution is -2.27. The molecule has 0 saturated heterocycles. The van der Waals surface area contributed by atoms with Crippen LogP contribution in [0.5, 0.6) is 0 Å². The van der Waals surface area contributed by atoms with E-state index in [4.69, 9.17) is 5.73 Å². The summed E-state index contributed by atoms with van der Waals surface area (Å²) in [5.74, 6) is -0.636. The van der Waals surface area contributed by atoms with E-state index in [1.54, 1.807) is 30.5 Å². The summed E-state index contributed by atoms with van der Waals surface area (Å²) >= 11 is 1.40. The van der Waals surface area contributed by atoms with Crippen LogP contribution in [0, 0.1) is 5.82 Å². The Morgan fingerprint density at radius 3 is 2.95 bits per heavy atom. The number of thiazole rings is 1. The second kappa shape index (κ2) is 6.58. The van der Waals surface area contributed by atoms with E-state index in [1.807, 2.05) is 0 Å². The first-order valence-corrected chi connectivity index (χ1v) is 7.19. The fourth-order valence-corrected chi connectivity index (χ4v) is 2.62. The Balaban J connectivity index is 2.05. The highest BCUT2D eigenvalue weighted by Crippen LogP contribution is 2.17. The molecular weight excluding hydrogens is 277 g/mol. The van der Waals surface area contributed by atoms with Gasteiger partial charge in [-0.3, -0.25) is 4.79 Å². The van der Waals surface area contributed by atoms with Crippen molar-refractivity contribution in [3.8, 4) is 0 Å². The molecule has 0 aliphatic rings. The van der Waals surface area contributed by atoms with E-state index in [2.05, 4.69) is 10.3 Å². The third kappa shape index (κ3) is 3.40. The van der Waals surface area contributed by atoms with Crippen LogP contribution in [0.15, 0.2) is 29.6 Å². The first-order valence-electron chi connectivity index (χ1n) is 6.31. The molecular formula is C14H16FN3OS. The summed E-state index contributed by atoms with van der Waals surface area (Å²) in [6, 6.07) is 5.97. The Kier molecular flexibility index (Phi) is 4.81. The molecule has 1 heterocycles. The largest absolute Gasteiger partial charge is 0.344 e. The monoisotopic (exact) mass is 293 g/mol. The van der Waals surface area contributed by atoms with Gasteiger partial charge in [0.1, 0.15) is 11.5 Å². The quantitative estimate of drug-likeness (QED) is 0.888. The highest BCUT2D eigenvalue weighted by atomic mass is 32.1. The average molecular weight is 293 g/mol. The summed E-state index contributed by atoms with van der Waals surface area (Å²) in [4.78, 5) is 16.2. The summed E-state index contributed by atoms with van der Waals surface area (Å²) in [5, 5.41) is 5.26. The lowest BCUT2D eigenvalue weighted by molar-refractivity contribution is 0.0935. The van der Waals surface area contributed by atoms with Crippen LogP contribution in [0.2, 0.25) is 0 Å². The van der Waals surface area contributed by atoms with Crippen LogP contribution in [0.25, 0.3) is 0 Å². The molecule has 1 aromatic heterocycles. The van der Waals surface area contributed by atoms with E-state index < -0.39 is 6.04 Å². The molecule has 0 radical (unpaired) electrons. The number of nitrogens with two attached hydrogens (primary N) is 1. The second-order valence-corrected chi connectivity index (χ2v) is 5.32. The van der Waals surface area contributed by atoms with Crippen LogP contribution in [-0.4, -0.2) is 17.4 Å². The van der Waals surface area contributed by atoms with E-state index in [0.717, 1.165) is 5.01 Å². The number of carbonyl (C=O) groups is 1. The van der Waals surface area contributed by atoms with Gasteiger partial charge in [0.05, 0.1) is 11.0 Å². The minimum absolute atomic E-state index is 0.305. The van der Waals surface area contributed by atoms with Gasteiger partial charge in [0, 0.05) is 17.4 Å². The minimum Gasteiger partial charge on any atom is -0.344 e. The summed E-state index contributed by atoms with van der Waals surface area (Å²) in [5.41, 5.74) is 6.25. The zero-order valence-corrected chi connectivity index (χ0v) is 11.9. The molecule has 0 aliphatic heterocycles. The Bertz CT molecular complexity index is 600. The Morgan fingerprint density at radius 2 is 2.25 bits per heavy atom. The molecule has 6 heteroatoms.